The number of benzene rings is 1. The monoisotopic (exact) mass is 341 g/mol. The van der Waals surface area contributed by atoms with Gasteiger partial charge in [-0.05, 0) is 32.9 Å². The van der Waals surface area contributed by atoms with Gasteiger partial charge in [-0.2, -0.15) is 5.06 Å². The lowest BCUT2D eigenvalue weighted by molar-refractivity contribution is -0.143. The lowest BCUT2D eigenvalue weighted by atomic mass is 10.0. The summed E-state index contributed by atoms with van der Waals surface area (Å²) < 4.78 is 0. The van der Waals surface area contributed by atoms with Crippen LogP contribution in [0.5, 0.6) is 0 Å². The number of hydrogen-bond donors (Lipinski definition) is 2. The van der Waals surface area contributed by atoms with Crippen LogP contribution in [0.2, 0.25) is 0 Å². The minimum atomic E-state index is -0.648. The molecule has 0 saturated heterocycles. The van der Waals surface area contributed by atoms with Gasteiger partial charge in [0.05, 0.1) is 5.70 Å². The molecule has 0 fully saturated rings. The molecule has 1 aromatic rings. The first-order valence-corrected chi connectivity index (χ1v) is 7.79. The lowest BCUT2D eigenvalue weighted by Crippen LogP contribution is -2.42. The Labute approximate surface area is 147 Å². The summed E-state index contributed by atoms with van der Waals surface area (Å²) >= 11 is 0. The molecule has 0 unspecified atom stereocenters. The first kappa shape index (κ1) is 20.1. The van der Waals surface area contributed by atoms with E-state index in [1.165, 1.54) is 6.08 Å². The number of amides is 2. The van der Waals surface area contributed by atoms with Crippen molar-refractivity contribution >= 4 is 17.6 Å². The summed E-state index contributed by atoms with van der Waals surface area (Å²) in [7, 11) is 0. The Balaban J connectivity index is 0.00000151. The van der Waals surface area contributed by atoms with Crippen LogP contribution >= 0.6 is 0 Å². The van der Waals surface area contributed by atoms with E-state index in [1.54, 1.807) is 31.2 Å². The number of carbonyl (C=O) groups is 2. The molecule has 0 aliphatic carbocycles. The van der Waals surface area contributed by atoms with E-state index < -0.39 is 5.91 Å². The minimum absolute atomic E-state index is 0.142. The van der Waals surface area contributed by atoms with Crippen LogP contribution in [0, 0.1) is 0 Å². The molecule has 25 heavy (non-hydrogen) atoms. The maximum absolute atomic E-state index is 12.3. The molecular formula is C19H23N3O3. The van der Waals surface area contributed by atoms with E-state index in [0.717, 1.165) is 5.57 Å². The average Bonchev–Trinajstić information content (AvgIpc) is 2.61. The number of allylic oxidation sites excluding steroid dienone is 1. The predicted octanol–water partition coefficient (Wildman–Crippen LogP) is 3.09. The Morgan fingerprint density at radius 1 is 1.24 bits per heavy atom. The maximum atomic E-state index is 12.3. The third-order valence-corrected chi connectivity index (χ3v) is 3.26. The summed E-state index contributed by atoms with van der Waals surface area (Å²) in [4.78, 5) is 28.4. The summed E-state index contributed by atoms with van der Waals surface area (Å²) in [6.07, 6.45) is 1.19. The van der Waals surface area contributed by atoms with Gasteiger partial charge in [-0.25, -0.2) is 0 Å². The Hall–Kier alpha value is -2.99. The molecule has 1 aliphatic rings. The van der Waals surface area contributed by atoms with Crippen molar-refractivity contribution < 1.29 is 14.8 Å². The smallest absolute Gasteiger partial charge is 0.278 e. The fourth-order valence-electron chi connectivity index (χ4n) is 2.26. The fraction of sp³-hybridized carbons (Fsp3) is 0.211. The van der Waals surface area contributed by atoms with Crippen LogP contribution in [0.4, 0.5) is 0 Å². The molecule has 1 aromatic carbocycles. The number of nitrogens with one attached hydrogen (secondary N) is 1. The van der Waals surface area contributed by atoms with Crippen LogP contribution in [0.15, 0.2) is 71.4 Å². The SMILES string of the molecule is C=C.CCN=C1C(=C(C)C)C(NC(=O)c2ccccc2)=CC(=O)N1O. The number of nitrogens with zero attached hydrogens (tertiary/aromatic N) is 2. The first-order valence-electron chi connectivity index (χ1n) is 7.79. The molecule has 6 nitrogen and oxygen atoms in total. The molecule has 0 spiro atoms. The molecule has 6 heteroatoms. The van der Waals surface area contributed by atoms with E-state index in [2.05, 4.69) is 23.5 Å². The fourth-order valence-corrected chi connectivity index (χ4v) is 2.26. The van der Waals surface area contributed by atoms with E-state index in [0.29, 0.717) is 28.4 Å². The molecular weight excluding hydrogens is 318 g/mol. The second-order valence-corrected chi connectivity index (χ2v) is 5.20. The second kappa shape index (κ2) is 9.34. The number of hydroxylamine groups is 2. The van der Waals surface area contributed by atoms with Gasteiger partial charge in [0.2, 0.25) is 0 Å². The third kappa shape index (κ3) is 4.74. The van der Waals surface area contributed by atoms with Gasteiger partial charge in [-0.1, -0.05) is 23.8 Å². The Morgan fingerprint density at radius 2 is 1.84 bits per heavy atom. The van der Waals surface area contributed by atoms with Crippen LogP contribution in [-0.4, -0.2) is 34.5 Å². The van der Waals surface area contributed by atoms with Gasteiger partial charge in [-0.15, -0.1) is 13.2 Å². The van der Waals surface area contributed by atoms with Crippen molar-refractivity contribution in [2.75, 3.05) is 6.54 Å². The third-order valence-electron chi connectivity index (χ3n) is 3.26. The van der Waals surface area contributed by atoms with Crippen LogP contribution in [0.25, 0.3) is 0 Å². The zero-order valence-electron chi connectivity index (χ0n) is 14.7. The standard InChI is InChI=1S/C17H19N3O3.C2H4/c1-4-18-16-15(11(2)3)13(10-14(21)20(16)23)19-17(22)12-8-6-5-7-9-12;1-2/h5-10,23H,4H2,1-3H3,(H,19,22);1-2H2. The molecule has 0 aromatic heterocycles. The van der Waals surface area contributed by atoms with Gasteiger partial charge in [0.25, 0.3) is 11.8 Å². The first-order chi connectivity index (χ1) is 12.0. The lowest BCUT2D eigenvalue weighted by Gasteiger charge is -2.26. The molecule has 0 bridgehead atoms. The summed E-state index contributed by atoms with van der Waals surface area (Å²) in [5.41, 5.74) is 2.18. The van der Waals surface area contributed by atoms with Crippen molar-refractivity contribution in [3.8, 4) is 0 Å². The molecule has 2 rings (SSSR count). The quantitative estimate of drug-likeness (QED) is 0.655. The summed E-state index contributed by atoms with van der Waals surface area (Å²) in [5, 5.41) is 13.2. The summed E-state index contributed by atoms with van der Waals surface area (Å²) in [5.74, 6) is -0.834. The van der Waals surface area contributed by atoms with Gasteiger partial charge < -0.3 is 5.32 Å². The van der Waals surface area contributed by atoms with Crippen LogP contribution in [0.1, 0.15) is 31.1 Å². The van der Waals surface area contributed by atoms with Crippen molar-refractivity contribution in [3.63, 3.8) is 0 Å². The zero-order valence-corrected chi connectivity index (χ0v) is 14.7. The molecule has 0 saturated carbocycles. The van der Waals surface area contributed by atoms with Crippen molar-refractivity contribution in [3.05, 3.63) is 72.0 Å². The van der Waals surface area contributed by atoms with Crippen LogP contribution in [0.3, 0.4) is 0 Å². The average molecular weight is 341 g/mol. The molecule has 2 amide bonds. The van der Waals surface area contributed by atoms with E-state index in [-0.39, 0.29) is 11.7 Å². The highest BCUT2D eigenvalue weighted by atomic mass is 16.5. The van der Waals surface area contributed by atoms with Crippen molar-refractivity contribution in [1.29, 1.82) is 0 Å². The Bertz CT molecular complexity index is 730. The number of hydrogen-bond acceptors (Lipinski definition) is 4. The Morgan fingerprint density at radius 3 is 2.36 bits per heavy atom. The molecule has 1 aliphatic heterocycles. The highest BCUT2D eigenvalue weighted by Gasteiger charge is 2.30. The van der Waals surface area contributed by atoms with Gasteiger partial charge in [0.1, 0.15) is 0 Å². The molecule has 2 N–H and O–H groups in total. The van der Waals surface area contributed by atoms with E-state index in [4.69, 9.17) is 0 Å². The molecule has 0 radical (unpaired) electrons. The summed E-state index contributed by atoms with van der Waals surface area (Å²) in [6.45, 7) is 11.9. The molecule has 132 valence electrons. The van der Waals surface area contributed by atoms with E-state index in [9.17, 15) is 14.8 Å². The number of rotatable bonds is 3. The second-order valence-electron chi connectivity index (χ2n) is 5.20. The number of amidine groups is 1. The van der Waals surface area contributed by atoms with E-state index >= 15 is 0 Å². The topological polar surface area (TPSA) is 82.0 Å². The predicted molar refractivity (Wildman–Crippen MR) is 98.2 cm³/mol. The maximum Gasteiger partial charge on any atom is 0.278 e. The van der Waals surface area contributed by atoms with Crippen molar-refractivity contribution in [1.82, 2.24) is 10.4 Å². The van der Waals surface area contributed by atoms with Gasteiger partial charge in [-0.3, -0.25) is 19.8 Å². The van der Waals surface area contributed by atoms with Gasteiger partial charge in [0, 0.05) is 23.8 Å². The van der Waals surface area contributed by atoms with Crippen molar-refractivity contribution in [2.45, 2.75) is 20.8 Å². The van der Waals surface area contributed by atoms with Gasteiger partial charge in [0.15, 0.2) is 5.84 Å². The Kier molecular flexibility index (Phi) is 7.49. The zero-order chi connectivity index (χ0) is 19.0. The van der Waals surface area contributed by atoms with Crippen LogP contribution in [-0.2, 0) is 4.79 Å². The number of aliphatic imine (C=N–C) groups is 1. The summed E-state index contributed by atoms with van der Waals surface area (Å²) in [6, 6.07) is 8.70. The largest absolute Gasteiger partial charge is 0.321 e. The normalized spacial score (nSPS) is 15.3. The van der Waals surface area contributed by atoms with Gasteiger partial charge >= 0.3 is 0 Å². The van der Waals surface area contributed by atoms with Crippen molar-refractivity contribution in [2.24, 2.45) is 4.99 Å². The molecule has 0 atom stereocenters. The van der Waals surface area contributed by atoms with Crippen LogP contribution < -0.4 is 5.32 Å². The highest BCUT2D eigenvalue weighted by Crippen LogP contribution is 2.22. The minimum Gasteiger partial charge on any atom is -0.321 e. The highest BCUT2D eigenvalue weighted by molar-refractivity contribution is 6.16. The number of carbonyl (C=O) groups excluding carboxylic acids is 2. The van der Waals surface area contributed by atoms with E-state index in [1.807, 2.05) is 19.9 Å². The molecule has 1 heterocycles.